The van der Waals surface area contributed by atoms with E-state index in [0.717, 1.165) is 24.0 Å². The summed E-state index contributed by atoms with van der Waals surface area (Å²) in [6.07, 6.45) is 4.50. The van der Waals surface area contributed by atoms with Crippen LogP contribution in [0.1, 0.15) is 41.3 Å². The summed E-state index contributed by atoms with van der Waals surface area (Å²) in [6.45, 7) is 2.94. The Balaban J connectivity index is 1.47. The Bertz CT molecular complexity index is 1190. The maximum atomic E-state index is 13.2. The molecule has 0 spiro atoms. The first-order valence-electron chi connectivity index (χ1n) is 11.9. The second kappa shape index (κ2) is 11.5. The van der Waals surface area contributed by atoms with Gasteiger partial charge in [0, 0.05) is 31.0 Å². The molecule has 0 bridgehead atoms. The lowest BCUT2D eigenvalue weighted by molar-refractivity contribution is -0.138. The fourth-order valence-corrected chi connectivity index (χ4v) is 4.45. The van der Waals surface area contributed by atoms with Gasteiger partial charge >= 0.3 is 5.97 Å². The smallest absolute Gasteiger partial charge is 0.337 e. The van der Waals surface area contributed by atoms with Crippen LogP contribution in [0, 0.1) is 0 Å². The van der Waals surface area contributed by atoms with Gasteiger partial charge in [-0.15, -0.1) is 0 Å². The molecule has 0 N–H and O–H groups in total. The van der Waals surface area contributed by atoms with Gasteiger partial charge in [-0.25, -0.2) is 4.79 Å². The molecule has 1 fully saturated rings. The molecule has 1 amide bonds. The molecule has 7 nitrogen and oxygen atoms in total. The molecule has 186 valence electrons. The van der Waals surface area contributed by atoms with E-state index in [2.05, 4.69) is 23.2 Å². The molecule has 1 saturated heterocycles. The molecule has 2 aromatic carbocycles. The molecule has 1 unspecified atom stereocenters. The van der Waals surface area contributed by atoms with Crippen LogP contribution >= 0.6 is 0 Å². The fourth-order valence-electron chi connectivity index (χ4n) is 4.45. The summed E-state index contributed by atoms with van der Waals surface area (Å²) in [7, 11) is 2.81. The van der Waals surface area contributed by atoms with Gasteiger partial charge < -0.3 is 19.1 Å². The third kappa shape index (κ3) is 5.57. The van der Waals surface area contributed by atoms with Crippen LogP contribution in [0.25, 0.3) is 5.57 Å². The minimum atomic E-state index is -0.708. The van der Waals surface area contributed by atoms with Gasteiger partial charge in [0.1, 0.15) is 0 Å². The van der Waals surface area contributed by atoms with Crippen molar-refractivity contribution < 1.29 is 23.8 Å². The van der Waals surface area contributed by atoms with Gasteiger partial charge in [-0.05, 0) is 55.2 Å². The van der Waals surface area contributed by atoms with Gasteiger partial charge in [0.05, 0.1) is 19.8 Å². The molecule has 0 saturated carbocycles. The zero-order chi connectivity index (χ0) is 25.5. The van der Waals surface area contributed by atoms with Crippen LogP contribution in [-0.4, -0.2) is 55.2 Å². The van der Waals surface area contributed by atoms with Crippen LogP contribution in [0.2, 0.25) is 0 Å². The number of amides is 1. The lowest BCUT2D eigenvalue weighted by atomic mass is 9.89. The van der Waals surface area contributed by atoms with E-state index in [1.54, 1.807) is 31.3 Å². The first kappa shape index (κ1) is 25.0. The number of likely N-dealkylation sites (tertiary alicyclic amines) is 1. The largest absolute Gasteiger partial charge is 0.493 e. The van der Waals surface area contributed by atoms with Gasteiger partial charge in [-0.2, -0.15) is 0 Å². The first-order valence-corrected chi connectivity index (χ1v) is 11.9. The number of rotatable bonds is 7. The molecule has 36 heavy (non-hydrogen) atoms. The van der Waals surface area contributed by atoms with Gasteiger partial charge in [0.25, 0.3) is 5.91 Å². The van der Waals surface area contributed by atoms with Gasteiger partial charge in [-0.3, -0.25) is 9.78 Å². The second-order valence-corrected chi connectivity index (χ2v) is 8.53. The van der Waals surface area contributed by atoms with E-state index in [-0.39, 0.29) is 5.91 Å². The molecule has 0 aliphatic carbocycles. The molecular formula is C29H30N2O5. The number of methoxy groups -OCH3 is 2. The van der Waals surface area contributed by atoms with Crippen molar-refractivity contribution in [1.29, 1.82) is 0 Å². The molecule has 0 radical (unpaired) electrons. The third-order valence-corrected chi connectivity index (χ3v) is 6.28. The number of piperidine rings is 1. The van der Waals surface area contributed by atoms with Crippen LogP contribution < -0.4 is 9.47 Å². The molecule has 1 atom stereocenters. The maximum absolute atomic E-state index is 13.2. The molecule has 7 heteroatoms. The van der Waals surface area contributed by atoms with Crippen molar-refractivity contribution in [1.82, 2.24) is 9.88 Å². The minimum Gasteiger partial charge on any atom is -0.493 e. The van der Waals surface area contributed by atoms with E-state index in [0.29, 0.717) is 30.2 Å². The summed E-state index contributed by atoms with van der Waals surface area (Å²) in [6, 6.07) is 19.1. The maximum Gasteiger partial charge on any atom is 0.337 e. The van der Waals surface area contributed by atoms with Crippen molar-refractivity contribution in [3.63, 3.8) is 0 Å². The summed E-state index contributed by atoms with van der Waals surface area (Å²) >= 11 is 0. The molecule has 2 heterocycles. The average Bonchev–Trinajstić information content (AvgIpc) is 2.94. The summed E-state index contributed by atoms with van der Waals surface area (Å²) in [5.41, 5.74) is 5.08. The number of carbonyl (C=O) groups excluding carboxylic acids is 2. The lowest BCUT2D eigenvalue weighted by Gasteiger charge is -2.32. The zero-order valence-electron chi connectivity index (χ0n) is 20.8. The topological polar surface area (TPSA) is 78.0 Å². The number of pyridine rings is 1. The molecule has 1 aromatic heterocycles. The molecule has 1 aliphatic heterocycles. The van der Waals surface area contributed by atoms with E-state index >= 15 is 0 Å². The van der Waals surface area contributed by atoms with E-state index in [9.17, 15) is 9.59 Å². The quantitative estimate of drug-likeness (QED) is 0.448. The highest BCUT2D eigenvalue weighted by Gasteiger charge is 2.27. The normalized spacial score (nSPS) is 14.1. The zero-order valence-corrected chi connectivity index (χ0v) is 20.8. The predicted molar refractivity (Wildman–Crippen MR) is 137 cm³/mol. The number of carbonyl (C=O) groups is 2. The summed E-state index contributed by atoms with van der Waals surface area (Å²) in [4.78, 5) is 31.2. The summed E-state index contributed by atoms with van der Waals surface area (Å²) in [5, 5.41) is 0. The number of ether oxygens (including phenoxy) is 3. The summed E-state index contributed by atoms with van der Waals surface area (Å²) < 4.78 is 16.1. The van der Waals surface area contributed by atoms with Crippen molar-refractivity contribution in [2.24, 2.45) is 0 Å². The van der Waals surface area contributed by atoms with Crippen molar-refractivity contribution in [2.75, 3.05) is 27.3 Å². The summed E-state index contributed by atoms with van der Waals surface area (Å²) in [5.74, 6) is 0.204. The number of nitrogens with zero attached hydrogens (tertiary/aromatic N) is 2. The van der Waals surface area contributed by atoms with E-state index in [1.165, 1.54) is 25.4 Å². The Kier molecular flexibility index (Phi) is 8.00. The van der Waals surface area contributed by atoms with Gasteiger partial charge in [0.2, 0.25) is 0 Å². The SMILES string of the molecule is COC(=O)c1ccc(OC(C)C(=O)N2CCC(=C(c3ccccc3)c3cccnc3)CC2)c(OC)c1. The van der Waals surface area contributed by atoms with Crippen LogP contribution in [-0.2, 0) is 9.53 Å². The number of aromatic nitrogens is 1. The third-order valence-electron chi connectivity index (χ3n) is 6.28. The van der Waals surface area contributed by atoms with Crippen molar-refractivity contribution in [3.8, 4) is 11.5 Å². The van der Waals surface area contributed by atoms with E-state index in [1.807, 2.05) is 35.4 Å². The molecule has 3 aromatic rings. The van der Waals surface area contributed by atoms with Crippen LogP contribution in [0.3, 0.4) is 0 Å². The van der Waals surface area contributed by atoms with Crippen LogP contribution in [0.4, 0.5) is 0 Å². The number of hydrogen-bond acceptors (Lipinski definition) is 6. The predicted octanol–water partition coefficient (Wildman–Crippen LogP) is 4.77. The number of benzene rings is 2. The highest BCUT2D eigenvalue weighted by Crippen LogP contribution is 2.33. The molecule has 4 rings (SSSR count). The van der Waals surface area contributed by atoms with Crippen molar-refractivity contribution >= 4 is 17.4 Å². The van der Waals surface area contributed by atoms with E-state index in [4.69, 9.17) is 14.2 Å². The van der Waals surface area contributed by atoms with E-state index < -0.39 is 12.1 Å². The monoisotopic (exact) mass is 486 g/mol. The van der Waals surface area contributed by atoms with Crippen molar-refractivity contribution in [3.05, 3.63) is 95.3 Å². The number of esters is 1. The van der Waals surface area contributed by atoms with Crippen LogP contribution in [0.5, 0.6) is 11.5 Å². The fraction of sp³-hybridized carbons (Fsp3) is 0.276. The molecular weight excluding hydrogens is 456 g/mol. The number of hydrogen-bond donors (Lipinski definition) is 0. The Labute approximate surface area is 211 Å². The highest BCUT2D eigenvalue weighted by atomic mass is 16.5. The van der Waals surface area contributed by atoms with Gasteiger partial charge in [-0.1, -0.05) is 42.0 Å². The Morgan fingerprint density at radius 1 is 0.889 bits per heavy atom. The van der Waals surface area contributed by atoms with Crippen molar-refractivity contribution in [2.45, 2.75) is 25.9 Å². The first-order chi connectivity index (χ1) is 17.5. The standard InChI is InChI=1S/C29H30N2O5/c1-20(36-25-12-11-23(29(33)35-3)18-26(25)34-2)28(32)31-16-13-22(14-17-31)27(21-8-5-4-6-9-21)24-10-7-15-30-19-24/h4-12,15,18-20H,13-14,16-17H2,1-3H3. The Hall–Kier alpha value is -4.13. The average molecular weight is 487 g/mol. The Morgan fingerprint density at radius 2 is 1.61 bits per heavy atom. The second-order valence-electron chi connectivity index (χ2n) is 8.53. The minimum absolute atomic E-state index is 0.0872. The van der Waals surface area contributed by atoms with Gasteiger partial charge in [0.15, 0.2) is 17.6 Å². The lowest BCUT2D eigenvalue weighted by Crippen LogP contribution is -2.43. The Morgan fingerprint density at radius 3 is 2.25 bits per heavy atom. The van der Waals surface area contributed by atoms with Crippen LogP contribution in [0.15, 0.2) is 78.6 Å². The highest BCUT2D eigenvalue weighted by molar-refractivity contribution is 5.90. The molecule has 1 aliphatic rings.